The molecule has 1 atom stereocenters. The summed E-state index contributed by atoms with van der Waals surface area (Å²) in [4.78, 5) is 43.5. The third-order valence-corrected chi connectivity index (χ3v) is 7.29. The Kier molecular flexibility index (Phi) is 8.11. The van der Waals surface area contributed by atoms with Gasteiger partial charge in [0.05, 0.1) is 6.04 Å². The zero-order valence-corrected chi connectivity index (χ0v) is 23.9. The first-order valence-corrected chi connectivity index (χ1v) is 13.8. The number of amides is 2. The summed E-state index contributed by atoms with van der Waals surface area (Å²) >= 11 is 0. The smallest absolute Gasteiger partial charge is 0.256 e. The number of benzene rings is 1. The normalized spacial score (nSPS) is 15.5. The third kappa shape index (κ3) is 5.97. The van der Waals surface area contributed by atoms with E-state index in [4.69, 9.17) is 10.7 Å². The van der Waals surface area contributed by atoms with Gasteiger partial charge in [-0.05, 0) is 62.7 Å². The van der Waals surface area contributed by atoms with Crippen molar-refractivity contribution in [2.45, 2.75) is 38.6 Å². The molecule has 5 rings (SSSR count). The summed E-state index contributed by atoms with van der Waals surface area (Å²) in [6.07, 6.45) is 10.4. The molecule has 0 aliphatic carbocycles. The molecule has 10 nitrogen and oxygen atoms in total. The number of hydrogen-bond acceptors (Lipinski definition) is 7. The molecule has 1 aliphatic rings. The highest BCUT2D eigenvalue weighted by molar-refractivity contribution is 6.04. The van der Waals surface area contributed by atoms with E-state index in [0.29, 0.717) is 47.4 Å². The second-order valence-corrected chi connectivity index (χ2v) is 10.9. The minimum absolute atomic E-state index is 0.0292. The van der Waals surface area contributed by atoms with Crippen LogP contribution in [0.5, 0.6) is 0 Å². The third-order valence-electron chi connectivity index (χ3n) is 7.29. The first-order chi connectivity index (χ1) is 19.7. The molecule has 0 radical (unpaired) electrons. The van der Waals surface area contributed by atoms with Crippen LogP contribution in [0.25, 0.3) is 16.8 Å². The highest BCUT2D eigenvalue weighted by atomic mass is 16.2. The fourth-order valence-corrected chi connectivity index (χ4v) is 5.12. The fraction of sp³-hybridized carbons (Fsp3) is 0.323. The Morgan fingerprint density at radius 2 is 1.93 bits per heavy atom. The van der Waals surface area contributed by atoms with Crippen molar-refractivity contribution in [3.05, 3.63) is 84.1 Å². The number of rotatable bonds is 8. The first kappa shape index (κ1) is 28.0. The zero-order chi connectivity index (χ0) is 29.1. The fourth-order valence-electron chi connectivity index (χ4n) is 5.12. The predicted octanol–water partition coefficient (Wildman–Crippen LogP) is 4.53. The molecule has 1 aromatic carbocycles. The van der Waals surface area contributed by atoms with Gasteiger partial charge in [-0.2, -0.15) is 0 Å². The Bertz CT molecular complexity index is 1590. The molecule has 0 saturated carbocycles. The van der Waals surface area contributed by atoms with E-state index in [0.717, 1.165) is 29.8 Å². The number of likely N-dealkylation sites (tertiary alicyclic amines) is 1. The van der Waals surface area contributed by atoms with Crippen molar-refractivity contribution in [3.63, 3.8) is 0 Å². The van der Waals surface area contributed by atoms with Crippen molar-refractivity contribution in [2.24, 2.45) is 0 Å². The maximum absolute atomic E-state index is 13.1. The summed E-state index contributed by atoms with van der Waals surface area (Å²) in [5, 5.41) is 2.88. The maximum Gasteiger partial charge on any atom is 0.256 e. The number of fused-ring (bicyclic) bond motifs is 1. The topological polar surface area (TPSA) is 122 Å². The Hall–Kier alpha value is -4.57. The molecule has 212 valence electrons. The molecule has 0 bridgehead atoms. The average molecular weight is 553 g/mol. The molecule has 2 amide bonds. The van der Waals surface area contributed by atoms with Crippen molar-refractivity contribution < 1.29 is 9.59 Å². The van der Waals surface area contributed by atoms with Gasteiger partial charge in [0.25, 0.3) is 5.91 Å². The molecule has 3 aromatic heterocycles. The van der Waals surface area contributed by atoms with E-state index < -0.39 is 0 Å². The van der Waals surface area contributed by atoms with Crippen LogP contribution < -0.4 is 11.1 Å². The maximum atomic E-state index is 13.1. The van der Waals surface area contributed by atoms with E-state index in [9.17, 15) is 9.59 Å². The van der Waals surface area contributed by atoms with Gasteiger partial charge in [-0.25, -0.2) is 15.0 Å². The number of hydrogen-bond donors (Lipinski definition) is 2. The Morgan fingerprint density at radius 3 is 2.66 bits per heavy atom. The molecule has 3 N–H and O–H groups in total. The van der Waals surface area contributed by atoms with Gasteiger partial charge in [-0.15, -0.1) is 0 Å². The van der Waals surface area contributed by atoms with Crippen LogP contribution in [0.3, 0.4) is 0 Å². The number of pyridine rings is 1. The lowest BCUT2D eigenvalue weighted by molar-refractivity contribution is -0.127. The van der Waals surface area contributed by atoms with Crippen molar-refractivity contribution >= 4 is 29.0 Å². The monoisotopic (exact) mass is 552 g/mol. The second-order valence-electron chi connectivity index (χ2n) is 10.9. The predicted molar refractivity (Wildman–Crippen MR) is 160 cm³/mol. The van der Waals surface area contributed by atoms with Gasteiger partial charge in [0.15, 0.2) is 0 Å². The lowest BCUT2D eigenvalue weighted by atomic mass is 10.1. The number of aromatic nitrogens is 4. The van der Waals surface area contributed by atoms with Gasteiger partial charge in [0, 0.05) is 48.9 Å². The Morgan fingerprint density at radius 1 is 1.15 bits per heavy atom. The summed E-state index contributed by atoms with van der Waals surface area (Å²) in [7, 11) is 3.93. The number of carbonyl (C=O) groups is 2. The highest BCUT2D eigenvalue weighted by Gasteiger charge is 2.33. The molecule has 4 heterocycles. The second kappa shape index (κ2) is 11.9. The van der Waals surface area contributed by atoms with Crippen molar-refractivity contribution in [3.8, 4) is 11.3 Å². The summed E-state index contributed by atoms with van der Waals surface area (Å²) in [5.74, 6) is 1.66. The molecule has 10 heteroatoms. The molecular formula is C31H36N8O2. The Balaban J connectivity index is 1.43. The standard InChI is InChI=1S/C31H36N8O2/c1-20(2)23-13-14-33-25(19-23)35-31(41)22-11-9-21(10-12-22)27-28-29(32)34-15-18-39(28)30(36-27)24-7-5-17-38(24)26(40)8-6-16-37(3)4/h6,8-15,18-20,24H,5,7,16-17H2,1-4H3,(H2,32,34)(H,33,35,41)/b8-6+. The number of nitrogens with one attached hydrogen (secondary N) is 1. The summed E-state index contributed by atoms with van der Waals surface area (Å²) in [6.45, 7) is 5.55. The van der Waals surface area contributed by atoms with Crippen LogP contribution in [-0.4, -0.2) is 68.2 Å². The molecule has 1 unspecified atom stereocenters. The van der Waals surface area contributed by atoms with Crippen LogP contribution in [-0.2, 0) is 4.79 Å². The first-order valence-electron chi connectivity index (χ1n) is 13.8. The number of imidazole rings is 1. The lowest BCUT2D eigenvalue weighted by Crippen LogP contribution is -2.30. The quantitative estimate of drug-likeness (QED) is 0.308. The van der Waals surface area contributed by atoms with Crippen LogP contribution in [0, 0.1) is 0 Å². The summed E-state index contributed by atoms with van der Waals surface area (Å²) < 4.78 is 1.94. The highest BCUT2D eigenvalue weighted by Crippen LogP contribution is 2.36. The van der Waals surface area contributed by atoms with E-state index in [1.54, 1.807) is 30.6 Å². The van der Waals surface area contributed by atoms with Crippen molar-refractivity contribution in [2.75, 3.05) is 38.2 Å². The van der Waals surface area contributed by atoms with Gasteiger partial charge in [0.2, 0.25) is 5.91 Å². The molecule has 1 fully saturated rings. The Labute approximate surface area is 239 Å². The van der Waals surface area contributed by atoms with E-state index in [-0.39, 0.29) is 17.9 Å². The average Bonchev–Trinajstić information content (AvgIpc) is 3.59. The van der Waals surface area contributed by atoms with E-state index in [1.807, 2.05) is 64.8 Å². The summed E-state index contributed by atoms with van der Waals surface area (Å²) in [5.41, 5.74) is 10.1. The number of nitrogen functional groups attached to an aromatic ring is 1. The van der Waals surface area contributed by atoms with Crippen LogP contribution in [0.1, 0.15) is 60.4 Å². The number of carbonyl (C=O) groups excluding carboxylic acids is 2. The van der Waals surface area contributed by atoms with Gasteiger partial charge < -0.3 is 20.9 Å². The van der Waals surface area contributed by atoms with Crippen LogP contribution in [0.15, 0.2) is 67.1 Å². The number of anilines is 2. The molecule has 4 aromatic rings. The number of nitrogens with two attached hydrogens (primary N) is 1. The van der Waals surface area contributed by atoms with Gasteiger partial charge >= 0.3 is 0 Å². The van der Waals surface area contributed by atoms with E-state index >= 15 is 0 Å². The minimum atomic E-state index is -0.246. The SMILES string of the molecule is CC(C)c1ccnc(NC(=O)c2ccc(-c3nc(C4CCCN4C(=O)/C=C/CN(C)C)n4ccnc(N)c34)cc2)c1. The van der Waals surface area contributed by atoms with E-state index in [2.05, 4.69) is 29.1 Å². The molecule has 1 saturated heterocycles. The van der Waals surface area contributed by atoms with Crippen molar-refractivity contribution in [1.82, 2.24) is 29.2 Å². The minimum Gasteiger partial charge on any atom is -0.382 e. The van der Waals surface area contributed by atoms with Gasteiger partial charge in [0.1, 0.15) is 28.7 Å². The number of likely N-dealkylation sites (N-methyl/N-ethyl adjacent to an activating group) is 1. The zero-order valence-electron chi connectivity index (χ0n) is 23.9. The molecule has 1 aliphatic heterocycles. The van der Waals surface area contributed by atoms with Crippen LogP contribution in [0.2, 0.25) is 0 Å². The van der Waals surface area contributed by atoms with Crippen LogP contribution >= 0.6 is 0 Å². The van der Waals surface area contributed by atoms with Gasteiger partial charge in [-0.1, -0.05) is 32.1 Å². The van der Waals surface area contributed by atoms with Gasteiger partial charge in [-0.3, -0.25) is 14.0 Å². The van der Waals surface area contributed by atoms with E-state index in [1.165, 1.54) is 0 Å². The molecular weight excluding hydrogens is 516 g/mol. The summed E-state index contributed by atoms with van der Waals surface area (Å²) in [6, 6.07) is 10.9. The number of nitrogens with zero attached hydrogens (tertiary/aromatic N) is 6. The lowest BCUT2D eigenvalue weighted by Gasteiger charge is -2.22. The largest absolute Gasteiger partial charge is 0.382 e. The molecule has 41 heavy (non-hydrogen) atoms. The van der Waals surface area contributed by atoms with Crippen molar-refractivity contribution in [1.29, 1.82) is 0 Å². The molecule has 0 spiro atoms. The van der Waals surface area contributed by atoms with Crippen LogP contribution in [0.4, 0.5) is 11.6 Å².